The van der Waals surface area contributed by atoms with Crippen molar-refractivity contribution in [3.05, 3.63) is 57.6 Å². The molecule has 1 aliphatic rings. The summed E-state index contributed by atoms with van der Waals surface area (Å²) in [5, 5.41) is 10.4. The van der Waals surface area contributed by atoms with E-state index in [1.165, 1.54) is 0 Å². The molecule has 1 aliphatic heterocycles. The van der Waals surface area contributed by atoms with Gasteiger partial charge in [0.15, 0.2) is 0 Å². The van der Waals surface area contributed by atoms with E-state index in [-0.39, 0.29) is 5.97 Å². The number of phenolic OH excluding ortho intramolecular Hbond substituents is 1. The fourth-order valence-electron chi connectivity index (χ4n) is 3.63. The van der Waals surface area contributed by atoms with Crippen molar-refractivity contribution in [1.29, 1.82) is 0 Å². The number of hydrogen-bond donors (Lipinski definition) is 1. The van der Waals surface area contributed by atoms with Crippen LogP contribution >= 0.6 is 0 Å². The van der Waals surface area contributed by atoms with Gasteiger partial charge in [0.2, 0.25) is 0 Å². The SMILES string of the molecule is CCCCOC(=O)c1ccc(C2(C)Cc3c(C)c(O)c(C)c(C)c3O2)cc1. The lowest BCUT2D eigenvalue weighted by Crippen LogP contribution is -2.27. The summed E-state index contributed by atoms with van der Waals surface area (Å²) < 4.78 is 11.6. The number of unbranched alkanes of at least 4 members (excludes halogenated alkanes) is 1. The topological polar surface area (TPSA) is 55.8 Å². The van der Waals surface area contributed by atoms with Crippen LogP contribution in [0.1, 0.15) is 64.9 Å². The van der Waals surface area contributed by atoms with Crippen LogP contribution in [0.3, 0.4) is 0 Å². The third kappa shape index (κ3) is 3.41. The molecule has 0 fully saturated rings. The highest BCUT2D eigenvalue weighted by molar-refractivity contribution is 5.89. The molecule has 0 amide bonds. The summed E-state index contributed by atoms with van der Waals surface area (Å²) in [6.45, 7) is 10.4. The molecule has 1 heterocycles. The van der Waals surface area contributed by atoms with Crippen LogP contribution in [0.15, 0.2) is 24.3 Å². The summed E-state index contributed by atoms with van der Waals surface area (Å²) in [7, 11) is 0. The second-order valence-corrected chi connectivity index (χ2v) is 7.61. The van der Waals surface area contributed by atoms with E-state index in [4.69, 9.17) is 9.47 Å². The van der Waals surface area contributed by atoms with E-state index >= 15 is 0 Å². The van der Waals surface area contributed by atoms with Gasteiger partial charge in [-0.05, 0) is 68.5 Å². The van der Waals surface area contributed by atoms with Crippen molar-refractivity contribution < 1.29 is 19.4 Å². The summed E-state index contributed by atoms with van der Waals surface area (Å²) in [5.41, 5.74) is 4.81. The molecule has 2 aromatic carbocycles. The number of carbonyl (C=O) groups is 1. The van der Waals surface area contributed by atoms with Crippen LogP contribution in [0.4, 0.5) is 0 Å². The lowest BCUT2D eigenvalue weighted by molar-refractivity contribution is 0.0499. The molecule has 27 heavy (non-hydrogen) atoms. The molecular weight excluding hydrogens is 340 g/mol. The third-order valence-corrected chi connectivity index (χ3v) is 5.64. The average Bonchev–Trinajstić information content (AvgIpc) is 3.04. The van der Waals surface area contributed by atoms with Crippen molar-refractivity contribution in [1.82, 2.24) is 0 Å². The standard InChI is InChI=1S/C23H28O4/c1-6-7-12-26-22(25)17-8-10-18(11-9-17)23(5)13-19-16(4)20(24)14(2)15(3)21(19)27-23/h8-11,24H,6-7,12-13H2,1-5H3. The van der Waals surface area contributed by atoms with Crippen LogP contribution in [0.25, 0.3) is 0 Å². The molecule has 0 spiro atoms. The highest BCUT2D eigenvalue weighted by atomic mass is 16.5. The summed E-state index contributed by atoms with van der Waals surface area (Å²) in [6.07, 6.45) is 2.55. The van der Waals surface area contributed by atoms with E-state index < -0.39 is 5.60 Å². The maximum Gasteiger partial charge on any atom is 0.338 e. The molecule has 0 saturated heterocycles. The van der Waals surface area contributed by atoms with Crippen LogP contribution in [0.2, 0.25) is 0 Å². The Kier molecular flexibility index (Phi) is 5.18. The highest BCUT2D eigenvalue weighted by Gasteiger charge is 2.39. The molecule has 0 bridgehead atoms. The van der Waals surface area contributed by atoms with E-state index in [0.29, 0.717) is 24.3 Å². The van der Waals surface area contributed by atoms with Crippen LogP contribution in [-0.4, -0.2) is 17.7 Å². The van der Waals surface area contributed by atoms with Crippen molar-refractivity contribution in [3.8, 4) is 11.5 Å². The quantitative estimate of drug-likeness (QED) is 0.587. The molecule has 1 N–H and O–H groups in total. The summed E-state index contributed by atoms with van der Waals surface area (Å²) in [5.74, 6) is 0.931. The predicted octanol–water partition coefficient (Wildman–Crippen LogP) is 5.12. The molecule has 144 valence electrons. The number of ether oxygens (including phenoxy) is 2. The summed E-state index contributed by atoms with van der Waals surface area (Å²) in [6, 6.07) is 7.45. The minimum atomic E-state index is -0.525. The zero-order chi connectivity index (χ0) is 19.8. The van der Waals surface area contributed by atoms with Gasteiger partial charge in [-0.1, -0.05) is 25.5 Å². The number of esters is 1. The minimum absolute atomic E-state index is 0.289. The smallest absolute Gasteiger partial charge is 0.338 e. The number of hydrogen-bond acceptors (Lipinski definition) is 4. The number of phenols is 1. The van der Waals surface area contributed by atoms with Gasteiger partial charge in [-0.15, -0.1) is 0 Å². The first kappa shape index (κ1) is 19.3. The second kappa shape index (κ2) is 7.26. The third-order valence-electron chi connectivity index (χ3n) is 5.64. The van der Waals surface area contributed by atoms with Gasteiger partial charge in [0, 0.05) is 12.0 Å². The number of rotatable bonds is 5. The van der Waals surface area contributed by atoms with Crippen molar-refractivity contribution in [3.63, 3.8) is 0 Å². The highest BCUT2D eigenvalue weighted by Crippen LogP contribution is 2.48. The van der Waals surface area contributed by atoms with Gasteiger partial charge in [-0.25, -0.2) is 4.79 Å². The Morgan fingerprint density at radius 3 is 2.44 bits per heavy atom. The van der Waals surface area contributed by atoms with Crippen LogP contribution < -0.4 is 4.74 Å². The molecule has 0 aliphatic carbocycles. The fourth-order valence-corrected chi connectivity index (χ4v) is 3.63. The molecule has 3 rings (SSSR count). The molecular formula is C23H28O4. The Balaban J connectivity index is 1.84. The Labute approximate surface area is 161 Å². The van der Waals surface area contributed by atoms with Gasteiger partial charge in [0.05, 0.1) is 12.2 Å². The number of fused-ring (bicyclic) bond motifs is 1. The van der Waals surface area contributed by atoms with Gasteiger partial charge in [0.25, 0.3) is 0 Å². The lowest BCUT2D eigenvalue weighted by Gasteiger charge is -2.25. The van der Waals surface area contributed by atoms with Crippen molar-refractivity contribution in [2.75, 3.05) is 6.61 Å². The maximum atomic E-state index is 12.1. The monoisotopic (exact) mass is 368 g/mol. The second-order valence-electron chi connectivity index (χ2n) is 7.61. The Bertz CT molecular complexity index is 828. The fraction of sp³-hybridized carbons (Fsp3) is 0.435. The average molecular weight is 368 g/mol. The first-order valence-electron chi connectivity index (χ1n) is 9.56. The minimum Gasteiger partial charge on any atom is -0.507 e. The molecule has 4 heteroatoms. The van der Waals surface area contributed by atoms with Gasteiger partial charge < -0.3 is 14.6 Å². The molecule has 1 unspecified atom stereocenters. The molecule has 1 atom stereocenters. The van der Waals surface area contributed by atoms with Gasteiger partial charge in [0.1, 0.15) is 17.1 Å². The summed E-state index contributed by atoms with van der Waals surface area (Å²) in [4.78, 5) is 12.1. The van der Waals surface area contributed by atoms with Crippen molar-refractivity contribution in [2.24, 2.45) is 0 Å². The zero-order valence-electron chi connectivity index (χ0n) is 16.8. The zero-order valence-corrected chi connectivity index (χ0v) is 16.8. The number of benzene rings is 2. The molecule has 2 aromatic rings. The van der Waals surface area contributed by atoms with Gasteiger partial charge >= 0.3 is 5.97 Å². The summed E-state index contributed by atoms with van der Waals surface area (Å²) >= 11 is 0. The lowest BCUT2D eigenvalue weighted by atomic mass is 9.88. The maximum absolute atomic E-state index is 12.1. The molecule has 0 radical (unpaired) electrons. The van der Waals surface area contributed by atoms with Gasteiger partial charge in [-0.2, -0.15) is 0 Å². The van der Waals surface area contributed by atoms with Crippen LogP contribution in [0, 0.1) is 20.8 Å². The van der Waals surface area contributed by atoms with E-state index in [0.717, 1.165) is 46.4 Å². The normalized spacial score (nSPS) is 18.1. The Morgan fingerprint density at radius 1 is 1.15 bits per heavy atom. The van der Waals surface area contributed by atoms with E-state index in [1.54, 1.807) is 12.1 Å². The predicted molar refractivity (Wildman–Crippen MR) is 106 cm³/mol. The van der Waals surface area contributed by atoms with E-state index in [2.05, 4.69) is 6.92 Å². The van der Waals surface area contributed by atoms with Gasteiger partial charge in [-0.3, -0.25) is 0 Å². The molecule has 0 saturated carbocycles. The van der Waals surface area contributed by atoms with Crippen molar-refractivity contribution >= 4 is 5.97 Å². The number of aromatic hydroxyl groups is 1. The Hall–Kier alpha value is -2.49. The van der Waals surface area contributed by atoms with Crippen molar-refractivity contribution in [2.45, 2.75) is 59.5 Å². The number of carbonyl (C=O) groups excluding carboxylic acids is 1. The Morgan fingerprint density at radius 2 is 1.81 bits per heavy atom. The van der Waals surface area contributed by atoms with Crippen LogP contribution in [-0.2, 0) is 16.8 Å². The van der Waals surface area contributed by atoms with E-state index in [1.807, 2.05) is 39.8 Å². The molecule has 0 aromatic heterocycles. The van der Waals surface area contributed by atoms with Crippen LogP contribution in [0.5, 0.6) is 11.5 Å². The molecule has 4 nitrogen and oxygen atoms in total. The largest absolute Gasteiger partial charge is 0.507 e. The first-order valence-corrected chi connectivity index (χ1v) is 9.56. The first-order chi connectivity index (χ1) is 12.8. The van der Waals surface area contributed by atoms with E-state index in [9.17, 15) is 9.90 Å².